The average molecular weight is 317 g/mol. The number of rotatable bonds is 4. The van der Waals surface area contributed by atoms with Gasteiger partial charge in [0.2, 0.25) is 0 Å². The Hall–Kier alpha value is -1.67. The van der Waals surface area contributed by atoms with E-state index in [9.17, 15) is 13.2 Å². The average Bonchev–Trinajstić information content (AvgIpc) is 2.86. The molecule has 0 radical (unpaired) electrons. The molecule has 8 heteroatoms. The first-order valence-electron chi connectivity index (χ1n) is 6.23. The minimum Gasteiger partial charge on any atom is -0.429 e. The molecule has 2 rings (SSSR count). The van der Waals surface area contributed by atoms with Crippen LogP contribution in [0.3, 0.4) is 0 Å². The molecule has 0 aliphatic carbocycles. The van der Waals surface area contributed by atoms with Crippen molar-refractivity contribution in [1.82, 2.24) is 9.36 Å². The normalized spacial score (nSPS) is 12.0. The number of benzene rings is 1. The summed E-state index contributed by atoms with van der Waals surface area (Å²) in [5.41, 5.74) is 4.89. The molecule has 0 aliphatic heterocycles. The third-order valence-electron chi connectivity index (χ3n) is 2.72. The Bertz CT molecular complexity index is 625. The van der Waals surface area contributed by atoms with Crippen LogP contribution >= 0.6 is 11.5 Å². The Morgan fingerprint density at radius 3 is 2.57 bits per heavy atom. The van der Waals surface area contributed by atoms with Crippen molar-refractivity contribution >= 4 is 11.5 Å². The Kier molecular flexibility index (Phi) is 4.48. The van der Waals surface area contributed by atoms with Crippen LogP contribution in [-0.2, 0) is 12.7 Å². The zero-order valence-electron chi connectivity index (χ0n) is 11.4. The third kappa shape index (κ3) is 3.70. The molecule has 0 amide bonds. The Labute approximate surface area is 123 Å². The largest absolute Gasteiger partial charge is 0.429 e. The van der Waals surface area contributed by atoms with Gasteiger partial charge in [-0.2, -0.15) is 22.5 Å². The predicted octanol–water partition coefficient (Wildman–Crippen LogP) is 3.93. The molecular formula is C13H14F3N3OS. The lowest BCUT2D eigenvalue weighted by molar-refractivity contribution is -0.138. The SMILES string of the molecule is CC(C)c1nsc(Oc2ccc(CN)cc2C(F)(F)F)n1. The van der Waals surface area contributed by atoms with Gasteiger partial charge in [-0.05, 0) is 17.7 Å². The highest BCUT2D eigenvalue weighted by Crippen LogP contribution is 2.39. The molecule has 0 aliphatic rings. The van der Waals surface area contributed by atoms with E-state index in [1.54, 1.807) is 0 Å². The molecule has 0 saturated carbocycles. The molecule has 21 heavy (non-hydrogen) atoms. The van der Waals surface area contributed by atoms with Crippen molar-refractivity contribution < 1.29 is 17.9 Å². The van der Waals surface area contributed by atoms with Crippen molar-refractivity contribution in [2.45, 2.75) is 32.5 Å². The molecule has 0 bridgehead atoms. The minimum absolute atomic E-state index is 0.0274. The molecule has 0 fully saturated rings. The lowest BCUT2D eigenvalue weighted by Gasteiger charge is -2.13. The van der Waals surface area contributed by atoms with Crippen molar-refractivity contribution in [1.29, 1.82) is 0 Å². The summed E-state index contributed by atoms with van der Waals surface area (Å²) in [6, 6.07) is 3.73. The first kappa shape index (κ1) is 15.7. The fourth-order valence-electron chi connectivity index (χ4n) is 1.60. The fraction of sp³-hybridized carbons (Fsp3) is 0.385. The number of nitrogens with zero attached hydrogens (tertiary/aromatic N) is 2. The van der Waals surface area contributed by atoms with Gasteiger partial charge < -0.3 is 10.5 Å². The number of ether oxygens (including phenoxy) is 1. The van der Waals surface area contributed by atoms with Crippen LogP contribution in [0.2, 0.25) is 0 Å². The maximum Gasteiger partial charge on any atom is 0.419 e. The number of halogens is 3. The number of alkyl halides is 3. The summed E-state index contributed by atoms with van der Waals surface area (Å²) in [5.74, 6) is 0.327. The second-order valence-corrected chi connectivity index (χ2v) is 5.42. The van der Waals surface area contributed by atoms with E-state index >= 15 is 0 Å². The molecule has 0 atom stereocenters. The van der Waals surface area contributed by atoms with Crippen molar-refractivity contribution in [3.63, 3.8) is 0 Å². The van der Waals surface area contributed by atoms with Gasteiger partial charge in [-0.3, -0.25) is 0 Å². The van der Waals surface area contributed by atoms with E-state index in [4.69, 9.17) is 10.5 Å². The van der Waals surface area contributed by atoms with Crippen LogP contribution in [0, 0.1) is 0 Å². The zero-order valence-corrected chi connectivity index (χ0v) is 12.3. The monoisotopic (exact) mass is 317 g/mol. The Balaban J connectivity index is 2.34. The maximum absolute atomic E-state index is 13.0. The highest BCUT2D eigenvalue weighted by Gasteiger charge is 2.35. The van der Waals surface area contributed by atoms with Crippen LogP contribution in [0.1, 0.15) is 36.7 Å². The van der Waals surface area contributed by atoms with Crippen molar-refractivity contribution in [2.75, 3.05) is 0 Å². The van der Waals surface area contributed by atoms with Crippen molar-refractivity contribution in [3.8, 4) is 10.9 Å². The van der Waals surface area contributed by atoms with E-state index in [1.165, 1.54) is 12.1 Å². The first-order chi connectivity index (χ1) is 9.81. The number of nitrogens with two attached hydrogens (primary N) is 1. The van der Waals surface area contributed by atoms with Crippen molar-refractivity contribution in [2.24, 2.45) is 5.73 Å². The van der Waals surface area contributed by atoms with E-state index in [0.717, 1.165) is 17.6 Å². The van der Waals surface area contributed by atoms with Gasteiger partial charge in [0.25, 0.3) is 5.19 Å². The van der Waals surface area contributed by atoms with Gasteiger partial charge in [0.1, 0.15) is 11.6 Å². The number of aromatic nitrogens is 2. The number of hydrogen-bond acceptors (Lipinski definition) is 5. The smallest absolute Gasteiger partial charge is 0.419 e. The molecule has 0 spiro atoms. The second kappa shape index (κ2) is 5.98. The van der Waals surface area contributed by atoms with Gasteiger partial charge >= 0.3 is 6.18 Å². The van der Waals surface area contributed by atoms with Gasteiger partial charge in [-0.25, -0.2) is 0 Å². The van der Waals surface area contributed by atoms with E-state index in [0.29, 0.717) is 11.4 Å². The van der Waals surface area contributed by atoms with Crippen LogP contribution < -0.4 is 10.5 Å². The predicted molar refractivity (Wildman–Crippen MR) is 73.4 cm³/mol. The van der Waals surface area contributed by atoms with Crippen LogP contribution in [-0.4, -0.2) is 9.36 Å². The zero-order chi connectivity index (χ0) is 15.6. The summed E-state index contributed by atoms with van der Waals surface area (Å²) in [6.07, 6.45) is -4.52. The van der Waals surface area contributed by atoms with Crippen LogP contribution in [0.15, 0.2) is 18.2 Å². The second-order valence-electron chi connectivity index (χ2n) is 4.71. The summed E-state index contributed by atoms with van der Waals surface area (Å²) in [7, 11) is 0. The lowest BCUT2D eigenvalue weighted by atomic mass is 10.1. The fourth-order valence-corrected chi connectivity index (χ4v) is 2.29. The van der Waals surface area contributed by atoms with Crippen molar-refractivity contribution in [3.05, 3.63) is 35.2 Å². The summed E-state index contributed by atoms with van der Waals surface area (Å²) >= 11 is 0.927. The molecule has 2 N–H and O–H groups in total. The topological polar surface area (TPSA) is 61.0 Å². The molecule has 4 nitrogen and oxygen atoms in total. The van der Waals surface area contributed by atoms with Crippen LogP contribution in [0.25, 0.3) is 0 Å². The first-order valence-corrected chi connectivity index (χ1v) is 7.00. The summed E-state index contributed by atoms with van der Waals surface area (Å²) in [4.78, 5) is 4.06. The molecule has 0 saturated heterocycles. The molecule has 1 heterocycles. The van der Waals surface area contributed by atoms with Crippen LogP contribution in [0.5, 0.6) is 10.9 Å². The van der Waals surface area contributed by atoms with E-state index < -0.39 is 11.7 Å². The highest BCUT2D eigenvalue weighted by molar-refractivity contribution is 7.07. The Morgan fingerprint density at radius 1 is 1.33 bits per heavy atom. The van der Waals surface area contributed by atoms with E-state index in [2.05, 4.69) is 9.36 Å². The van der Waals surface area contributed by atoms with Gasteiger partial charge in [0.05, 0.1) is 5.56 Å². The summed E-state index contributed by atoms with van der Waals surface area (Å²) in [6.45, 7) is 3.81. The maximum atomic E-state index is 13.0. The van der Waals surface area contributed by atoms with Crippen LogP contribution in [0.4, 0.5) is 13.2 Å². The molecule has 2 aromatic rings. The van der Waals surface area contributed by atoms with Gasteiger partial charge in [-0.15, -0.1) is 0 Å². The Morgan fingerprint density at radius 2 is 2.05 bits per heavy atom. The molecule has 0 unspecified atom stereocenters. The highest BCUT2D eigenvalue weighted by atomic mass is 32.1. The van der Waals surface area contributed by atoms with Gasteiger partial charge in [0.15, 0.2) is 0 Å². The summed E-state index contributed by atoms with van der Waals surface area (Å²) < 4.78 is 48.4. The minimum atomic E-state index is -4.52. The number of hydrogen-bond donors (Lipinski definition) is 1. The quantitative estimate of drug-likeness (QED) is 0.928. The molecular weight excluding hydrogens is 303 g/mol. The van der Waals surface area contributed by atoms with E-state index in [1.807, 2.05) is 13.8 Å². The van der Waals surface area contributed by atoms with E-state index in [-0.39, 0.29) is 23.4 Å². The van der Waals surface area contributed by atoms with Gasteiger partial charge in [0, 0.05) is 24.0 Å². The third-order valence-corrected chi connectivity index (χ3v) is 3.33. The van der Waals surface area contributed by atoms with Gasteiger partial charge in [-0.1, -0.05) is 19.9 Å². The lowest BCUT2D eigenvalue weighted by Crippen LogP contribution is -2.09. The molecule has 1 aromatic heterocycles. The standard InChI is InChI=1S/C13H14F3N3OS/c1-7(2)11-18-12(21-19-11)20-10-4-3-8(6-17)5-9(10)13(14,15)16/h3-5,7H,6,17H2,1-2H3. The summed E-state index contributed by atoms with van der Waals surface area (Å²) in [5, 5.41) is 0.0877. The molecule has 114 valence electrons. The molecule has 1 aromatic carbocycles.